The summed E-state index contributed by atoms with van der Waals surface area (Å²) in [6, 6.07) is 9.53. The first-order valence-corrected chi connectivity index (χ1v) is 7.08. The fourth-order valence-electron chi connectivity index (χ4n) is 2.27. The third-order valence-corrected chi connectivity index (χ3v) is 3.67. The molecule has 0 bridgehead atoms. The van der Waals surface area contributed by atoms with Crippen molar-refractivity contribution in [2.24, 2.45) is 0 Å². The van der Waals surface area contributed by atoms with Crippen molar-refractivity contribution in [3.63, 3.8) is 0 Å². The van der Waals surface area contributed by atoms with Crippen LogP contribution in [0.4, 0.5) is 4.39 Å². The molecule has 3 rings (SSSR count). The Morgan fingerprint density at radius 1 is 1.23 bits per heavy atom. The summed E-state index contributed by atoms with van der Waals surface area (Å²) >= 11 is 5.98. The van der Waals surface area contributed by atoms with Crippen LogP contribution in [-0.4, -0.2) is 19.9 Å². The molecule has 112 valence electrons. The van der Waals surface area contributed by atoms with Gasteiger partial charge in [-0.05, 0) is 30.3 Å². The molecule has 0 radical (unpaired) electrons. The van der Waals surface area contributed by atoms with Crippen LogP contribution in [-0.2, 0) is 6.54 Å². The van der Waals surface area contributed by atoms with Gasteiger partial charge in [-0.25, -0.2) is 4.39 Å². The summed E-state index contributed by atoms with van der Waals surface area (Å²) in [7, 11) is 0. The minimum absolute atomic E-state index is 0.197. The Morgan fingerprint density at radius 3 is 2.82 bits per heavy atom. The molecule has 0 saturated carbocycles. The lowest BCUT2D eigenvalue weighted by Crippen LogP contribution is -2.11. The van der Waals surface area contributed by atoms with Crippen molar-refractivity contribution in [3.8, 4) is 11.3 Å². The van der Waals surface area contributed by atoms with Gasteiger partial charge in [0.1, 0.15) is 11.9 Å². The average molecular weight is 318 g/mol. The smallest absolute Gasteiger partial charge is 0.124 e. The first-order valence-electron chi connectivity index (χ1n) is 6.70. The first-order chi connectivity index (χ1) is 10.6. The Labute approximate surface area is 131 Å². The molecule has 0 aliphatic carbocycles. The third-order valence-electron chi connectivity index (χ3n) is 3.34. The molecule has 3 aromatic rings. The summed E-state index contributed by atoms with van der Waals surface area (Å²) in [5.41, 5.74) is 2.21. The van der Waals surface area contributed by atoms with Crippen LogP contribution in [0.5, 0.6) is 0 Å². The number of aromatic nitrogens is 3. The lowest BCUT2D eigenvalue weighted by molar-refractivity contribution is 0.152. The standard InChI is InChI=1S/C16H13ClFN3O/c17-14-8-12(18)3-4-13(14)16(22)10-21-15(5-7-20-21)11-2-1-6-19-9-11/h1-9,16,22H,10H2. The van der Waals surface area contributed by atoms with E-state index in [0.29, 0.717) is 5.56 Å². The normalized spacial score (nSPS) is 12.3. The molecule has 0 amide bonds. The van der Waals surface area contributed by atoms with E-state index in [-0.39, 0.29) is 11.6 Å². The van der Waals surface area contributed by atoms with Crippen molar-refractivity contribution in [2.45, 2.75) is 12.6 Å². The average Bonchev–Trinajstić information content (AvgIpc) is 2.96. The molecule has 1 aromatic carbocycles. The number of hydrogen-bond donors (Lipinski definition) is 1. The number of aliphatic hydroxyl groups is 1. The van der Waals surface area contributed by atoms with Crippen LogP contribution in [0.3, 0.4) is 0 Å². The highest BCUT2D eigenvalue weighted by Crippen LogP contribution is 2.26. The zero-order chi connectivity index (χ0) is 15.5. The molecule has 2 aromatic heterocycles. The molecule has 1 unspecified atom stereocenters. The topological polar surface area (TPSA) is 50.9 Å². The maximum absolute atomic E-state index is 13.1. The highest BCUT2D eigenvalue weighted by Gasteiger charge is 2.15. The zero-order valence-electron chi connectivity index (χ0n) is 11.5. The number of pyridine rings is 1. The van der Waals surface area contributed by atoms with Gasteiger partial charge in [0.2, 0.25) is 0 Å². The number of hydrogen-bond acceptors (Lipinski definition) is 3. The number of rotatable bonds is 4. The maximum atomic E-state index is 13.1. The fourth-order valence-corrected chi connectivity index (χ4v) is 2.56. The van der Waals surface area contributed by atoms with Crippen molar-refractivity contribution in [1.29, 1.82) is 0 Å². The second-order valence-corrected chi connectivity index (χ2v) is 5.23. The Hall–Kier alpha value is -2.24. The van der Waals surface area contributed by atoms with Crippen LogP contribution < -0.4 is 0 Å². The quantitative estimate of drug-likeness (QED) is 0.801. The fraction of sp³-hybridized carbons (Fsp3) is 0.125. The van der Waals surface area contributed by atoms with E-state index in [4.69, 9.17) is 11.6 Å². The molecule has 0 aliphatic heterocycles. The van der Waals surface area contributed by atoms with E-state index in [1.54, 1.807) is 23.3 Å². The summed E-state index contributed by atoms with van der Waals surface area (Å²) in [5, 5.41) is 14.8. The van der Waals surface area contributed by atoms with Gasteiger partial charge in [0, 0.05) is 34.7 Å². The predicted molar refractivity (Wildman–Crippen MR) is 81.8 cm³/mol. The second kappa shape index (κ2) is 6.25. The largest absolute Gasteiger partial charge is 0.386 e. The van der Waals surface area contributed by atoms with Crippen molar-refractivity contribution < 1.29 is 9.50 Å². The van der Waals surface area contributed by atoms with E-state index in [0.717, 1.165) is 11.3 Å². The van der Waals surface area contributed by atoms with Crippen LogP contribution in [0.25, 0.3) is 11.3 Å². The molecule has 0 aliphatic rings. The van der Waals surface area contributed by atoms with Gasteiger partial charge in [0.25, 0.3) is 0 Å². The van der Waals surface area contributed by atoms with Gasteiger partial charge < -0.3 is 5.11 Å². The van der Waals surface area contributed by atoms with Crippen LogP contribution in [0.2, 0.25) is 5.02 Å². The Bertz CT molecular complexity index is 776. The van der Waals surface area contributed by atoms with E-state index >= 15 is 0 Å². The maximum Gasteiger partial charge on any atom is 0.124 e. The van der Waals surface area contributed by atoms with Crippen molar-refractivity contribution in [1.82, 2.24) is 14.8 Å². The van der Waals surface area contributed by atoms with Crippen LogP contribution in [0.1, 0.15) is 11.7 Å². The molecule has 0 fully saturated rings. The summed E-state index contributed by atoms with van der Waals surface area (Å²) in [5.74, 6) is -0.434. The molecule has 4 nitrogen and oxygen atoms in total. The number of aliphatic hydroxyl groups excluding tert-OH is 1. The SMILES string of the molecule is OC(Cn1nccc1-c1cccnc1)c1ccc(F)cc1Cl. The van der Waals surface area contributed by atoms with E-state index in [2.05, 4.69) is 10.1 Å². The van der Waals surface area contributed by atoms with E-state index in [1.165, 1.54) is 18.2 Å². The van der Waals surface area contributed by atoms with E-state index in [1.807, 2.05) is 18.2 Å². The molecule has 22 heavy (non-hydrogen) atoms. The van der Waals surface area contributed by atoms with Gasteiger partial charge in [0.15, 0.2) is 0 Å². The Kier molecular flexibility index (Phi) is 4.18. The molecule has 1 atom stereocenters. The highest BCUT2D eigenvalue weighted by atomic mass is 35.5. The van der Waals surface area contributed by atoms with Gasteiger partial charge in [-0.3, -0.25) is 9.67 Å². The number of halogens is 2. The van der Waals surface area contributed by atoms with Crippen LogP contribution >= 0.6 is 11.6 Å². The minimum Gasteiger partial charge on any atom is -0.386 e. The Morgan fingerprint density at radius 2 is 2.09 bits per heavy atom. The molecule has 0 saturated heterocycles. The van der Waals surface area contributed by atoms with Crippen molar-refractivity contribution >= 4 is 11.6 Å². The molecule has 6 heteroatoms. The van der Waals surface area contributed by atoms with Crippen molar-refractivity contribution in [3.05, 3.63) is 71.4 Å². The molecule has 2 heterocycles. The molecular formula is C16H13ClFN3O. The summed E-state index contributed by atoms with van der Waals surface area (Å²) in [6.45, 7) is 0.211. The number of benzene rings is 1. The summed E-state index contributed by atoms with van der Waals surface area (Å²) in [4.78, 5) is 4.08. The third kappa shape index (κ3) is 3.00. The van der Waals surface area contributed by atoms with E-state index < -0.39 is 11.9 Å². The Balaban J connectivity index is 1.86. The van der Waals surface area contributed by atoms with Gasteiger partial charge in [-0.1, -0.05) is 17.7 Å². The molecular weight excluding hydrogens is 305 g/mol. The van der Waals surface area contributed by atoms with Gasteiger partial charge >= 0.3 is 0 Å². The van der Waals surface area contributed by atoms with Crippen LogP contribution in [0, 0.1) is 5.82 Å². The second-order valence-electron chi connectivity index (χ2n) is 4.82. The minimum atomic E-state index is -0.886. The lowest BCUT2D eigenvalue weighted by atomic mass is 10.1. The summed E-state index contributed by atoms with van der Waals surface area (Å²) < 4.78 is 14.8. The van der Waals surface area contributed by atoms with Gasteiger partial charge in [-0.2, -0.15) is 5.10 Å². The predicted octanol–water partition coefficient (Wildman–Crippen LogP) is 3.47. The highest BCUT2D eigenvalue weighted by molar-refractivity contribution is 6.31. The number of nitrogens with zero attached hydrogens (tertiary/aromatic N) is 3. The van der Waals surface area contributed by atoms with Crippen LogP contribution in [0.15, 0.2) is 55.0 Å². The molecule has 0 spiro atoms. The van der Waals surface area contributed by atoms with Gasteiger partial charge in [0.05, 0.1) is 12.2 Å². The van der Waals surface area contributed by atoms with Gasteiger partial charge in [-0.15, -0.1) is 0 Å². The lowest BCUT2D eigenvalue weighted by Gasteiger charge is -2.15. The monoisotopic (exact) mass is 317 g/mol. The summed E-state index contributed by atoms with van der Waals surface area (Å²) in [6.07, 6.45) is 4.19. The zero-order valence-corrected chi connectivity index (χ0v) is 12.3. The van der Waals surface area contributed by atoms with Crippen molar-refractivity contribution in [2.75, 3.05) is 0 Å². The first kappa shape index (κ1) is 14.7. The van der Waals surface area contributed by atoms with E-state index in [9.17, 15) is 9.50 Å². The molecule has 1 N–H and O–H groups in total.